The van der Waals surface area contributed by atoms with Gasteiger partial charge in [0.1, 0.15) is 0 Å². The molecule has 7 nitrogen and oxygen atoms in total. The first kappa shape index (κ1) is 6.33. The van der Waals surface area contributed by atoms with Crippen LogP contribution in [0.2, 0.25) is 0 Å². The average Bonchev–Trinajstić information content (AvgIpc) is 2.34. The van der Waals surface area contributed by atoms with Crippen LogP contribution in [-0.4, -0.2) is 26.3 Å². The molecule has 0 aliphatic carbocycles. The molecular weight excluding hydrogens is 138 g/mol. The number of aromatic nitrogens is 3. The standard InChI is InChI=1S/C3H3N5O2/c4-6-3-5-1(2(9)10)7-8-3/h4H,(H,9,10)(H,5,7,8). The summed E-state index contributed by atoms with van der Waals surface area (Å²) >= 11 is 0. The molecule has 1 heterocycles. The highest BCUT2D eigenvalue weighted by Crippen LogP contribution is 2.00. The lowest BCUT2D eigenvalue weighted by atomic mass is 10.6. The number of aromatic carboxylic acids is 1. The Bertz CT molecular complexity index is 266. The molecule has 10 heavy (non-hydrogen) atoms. The van der Waals surface area contributed by atoms with E-state index in [9.17, 15) is 4.79 Å². The molecule has 0 amide bonds. The second kappa shape index (κ2) is 2.21. The summed E-state index contributed by atoms with van der Waals surface area (Å²) in [7, 11) is 0. The van der Waals surface area contributed by atoms with Gasteiger partial charge < -0.3 is 5.11 Å². The summed E-state index contributed by atoms with van der Waals surface area (Å²) in [6.45, 7) is 0. The summed E-state index contributed by atoms with van der Waals surface area (Å²) in [6.07, 6.45) is 0. The molecule has 0 saturated carbocycles. The zero-order chi connectivity index (χ0) is 7.56. The van der Waals surface area contributed by atoms with Gasteiger partial charge in [-0.2, -0.15) is 4.98 Å². The van der Waals surface area contributed by atoms with Crippen molar-refractivity contribution in [3.63, 3.8) is 0 Å². The molecule has 0 atom stereocenters. The molecule has 0 aliphatic rings. The van der Waals surface area contributed by atoms with Gasteiger partial charge in [-0.1, -0.05) is 0 Å². The summed E-state index contributed by atoms with van der Waals surface area (Å²) in [4.78, 5) is 13.4. The Morgan fingerprint density at radius 3 is 2.80 bits per heavy atom. The van der Waals surface area contributed by atoms with Crippen LogP contribution in [0.5, 0.6) is 0 Å². The number of hydrogen-bond donors (Lipinski definition) is 3. The average molecular weight is 141 g/mol. The topological polar surface area (TPSA) is 115 Å². The Kier molecular flexibility index (Phi) is 1.40. The summed E-state index contributed by atoms with van der Waals surface area (Å²) < 4.78 is 0. The largest absolute Gasteiger partial charge is 0.475 e. The van der Waals surface area contributed by atoms with Crippen LogP contribution in [0, 0.1) is 5.53 Å². The third kappa shape index (κ3) is 0.966. The molecule has 0 bridgehead atoms. The minimum atomic E-state index is -1.22. The van der Waals surface area contributed by atoms with Crippen molar-refractivity contribution >= 4 is 11.9 Å². The smallest absolute Gasteiger partial charge is 0.373 e. The first-order chi connectivity index (χ1) is 4.74. The van der Waals surface area contributed by atoms with E-state index in [1.165, 1.54) is 0 Å². The minimum Gasteiger partial charge on any atom is -0.475 e. The van der Waals surface area contributed by atoms with Crippen molar-refractivity contribution in [2.24, 2.45) is 5.11 Å². The first-order valence-corrected chi connectivity index (χ1v) is 2.27. The number of rotatable bonds is 2. The molecule has 0 spiro atoms. The SMILES string of the molecule is N=Nc1n[nH]c(C(=O)O)n1. The highest BCUT2D eigenvalue weighted by Gasteiger charge is 2.07. The Morgan fingerprint density at radius 1 is 1.80 bits per heavy atom. The second-order valence-corrected chi connectivity index (χ2v) is 1.40. The molecule has 3 N–H and O–H groups in total. The zero-order valence-corrected chi connectivity index (χ0v) is 4.70. The fraction of sp³-hybridized carbons (Fsp3) is 0. The number of carboxylic acid groups (broad SMARTS) is 1. The van der Waals surface area contributed by atoms with E-state index in [4.69, 9.17) is 10.6 Å². The fourth-order valence-electron chi connectivity index (χ4n) is 0.399. The van der Waals surface area contributed by atoms with E-state index in [0.717, 1.165) is 0 Å². The van der Waals surface area contributed by atoms with Gasteiger partial charge in [0.2, 0.25) is 5.82 Å². The Hall–Kier alpha value is -1.79. The Labute approximate surface area is 54.6 Å². The third-order valence-electron chi connectivity index (χ3n) is 0.776. The molecule has 1 aromatic heterocycles. The zero-order valence-electron chi connectivity index (χ0n) is 4.70. The summed E-state index contributed by atoms with van der Waals surface area (Å²) in [5, 5.41) is 16.4. The van der Waals surface area contributed by atoms with E-state index in [2.05, 4.69) is 20.3 Å². The Morgan fingerprint density at radius 2 is 2.50 bits per heavy atom. The van der Waals surface area contributed by atoms with Crippen molar-refractivity contribution < 1.29 is 9.90 Å². The van der Waals surface area contributed by atoms with Gasteiger partial charge in [-0.05, 0) is 0 Å². The van der Waals surface area contributed by atoms with Gasteiger partial charge in [-0.15, -0.1) is 10.2 Å². The molecule has 0 radical (unpaired) electrons. The highest BCUT2D eigenvalue weighted by atomic mass is 16.4. The molecule has 7 heteroatoms. The van der Waals surface area contributed by atoms with Crippen molar-refractivity contribution in [3.8, 4) is 0 Å². The van der Waals surface area contributed by atoms with E-state index in [-0.39, 0.29) is 11.8 Å². The lowest BCUT2D eigenvalue weighted by molar-refractivity contribution is 0.0684. The fourth-order valence-corrected chi connectivity index (χ4v) is 0.399. The van der Waals surface area contributed by atoms with Gasteiger partial charge >= 0.3 is 5.97 Å². The summed E-state index contributed by atoms with van der Waals surface area (Å²) in [6, 6.07) is 0. The van der Waals surface area contributed by atoms with Gasteiger partial charge in [0.25, 0.3) is 5.95 Å². The second-order valence-electron chi connectivity index (χ2n) is 1.40. The first-order valence-electron chi connectivity index (χ1n) is 2.27. The molecule has 0 saturated heterocycles. The monoisotopic (exact) mass is 141 g/mol. The number of nitrogens with zero attached hydrogens (tertiary/aromatic N) is 3. The van der Waals surface area contributed by atoms with Gasteiger partial charge in [0.15, 0.2) is 0 Å². The van der Waals surface area contributed by atoms with E-state index in [0.29, 0.717) is 0 Å². The molecule has 1 rings (SSSR count). The maximum absolute atomic E-state index is 10.1. The van der Waals surface area contributed by atoms with Crippen LogP contribution in [0.25, 0.3) is 0 Å². The quantitative estimate of drug-likeness (QED) is 0.509. The van der Waals surface area contributed by atoms with Gasteiger partial charge in [-0.3, -0.25) is 5.10 Å². The molecule has 1 aromatic rings. The van der Waals surface area contributed by atoms with Crippen LogP contribution in [-0.2, 0) is 0 Å². The van der Waals surface area contributed by atoms with Crippen LogP contribution in [0.1, 0.15) is 10.6 Å². The molecule has 0 unspecified atom stereocenters. The van der Waals surface area contributed by atoms with Crippen LogP contribution in [0.15, 0.2) is 5.11 Å². The molecule has 0 aromatic carbocycles. The third-order valence-corrected chi connectivity index (χ3v) is 0.776. The van der Waals surface area contributed by atoms with Gasteiger partial charge in [-0.25, -0.2) is 10.3 Å². The predicted octanol–water partition coefficient (Wildman–Crippen LogP) is 0.165. The maximum atomic E-state index is 10.1. The van der Waals surface area contributed by atoms with Gasteiger partial charge in [0, 0.05) is 0 Å². The normalized spacial score (nSPS) is 9.20. The van der Waals surface area contributed by atoms with Crippen LogP contribution >= 0.6 is 0 Å². The molecule has 0 aliphatic heterocycles. The number of hydrogen-bond acceptors (Lipinski definition) is 5. The van der Waals surface area contributed by atoms with E-state index in [1.807, 2.05) is 0 Å². The lowest BCUT2D eigenvalue weighted by Gasteiger charge is -1.77. The summed E-state index contributed by atoms with van der Waals surface area (Å²) in [5.74, 6) is -1.72. The molecule has 0 fully saturated rings. The van der Waals surface area contributed by atoms with Crippen molar-refractivity contribution in [3.05, 3.63) is 5.82 Å². The summed E-state index contributed by atoms with van der Waals surface area (Å²) in [5.41, 5.74) is 6.39. The molecule has 52 valence electrons. The van der Waals surface area contributed by atoms with Crippen molar-refractivity contribution in [2.75, 3.05) is 0 Å². The highest BCUT2D eigenvalue weighted by molar-refractivity contribution is 5.83. The van der Waals surface area contributed by atoms with E-state index < -0.39 is 5.97 Å². The van der Waals surface area contributed by atoms with Crippen molar-refractivity contribution in [2.45, 2.75) is 0 Å². The number of aromatic amines is 1. The van der Waals surface area contributed by atoms with Crippen molar-refractivity contribution in [1.29, 1.82) is 5.53 Å². The number of H-pyrrole nitrogens is 1. The number of nitrogens with one attached hydrogen (secondary N) is 2. The number of carboxylic acids is 1. The van der Waals surface area contributed by atoms with Crippen molar-refractivity contribution in [1.82, 2.24) is 15.2 Å². The lowest BCUT2D eigenvalue weighted by Crippen LogP contribution is -1.98. The number of carbonyl (C=O) groups is 1. The molecular formula is C3H3N5O2. The van der Waals surface area contributed by atoms with E-state index >= 15 is 0 Å². The van der Waals surface area contributed by atoms with Gasteiger partial charge in [0.05, 0.1) is 0 Å². The predicted molar refractivity (Wildman–Crippen MR) is 28.1 cm³/mol. The van der Waals surface area contributed by atoms with E-state index in [1.54, 1.807) is 0 Å². The minimum absolute atomic E-state index is 0.183. The van der Waals surface area contributed by atoms with Crippen LogP contribution < -0.4 is 0 Å². The van der Waals surface area contributed by atoms with Crippen LogP contribution in [0.4, 0.5) is 5.95 Å². The maximum Gasteiger partial charge on any atom is 0.373 e. The Balaban J connectivity index is 2.98. The van der Waals surface area contributed by atoms with Crippen LogP contribution in [0.3, 0.4) is 0 Å².